The molecule has 236 valence electrons. The Balaban J connectivity index is 1.36. The molecule has 2 aromatic heterocycles. The minimum Gasteiger partial charge on any atom is -0.383 e. The molecule has 6 rings (SSSR count). The molecule has 10 nitrogen and oxygen atoms in total. The quantitative estimate of drug-likeness (QED) is 0.148. The highest BCUT2D eigenvalue weighted by atomic mass is 35.5. The summed E-state index contributed by atoms with van der Waals surface area (Å²) in [5.41, 5.74) is 8.75. The highest BCUT2D eigenvalue weighted by molar-refractivity contribution is 7.57. The standard InChI is InChI=1S/C33H31ClFN6O4P/c1-4-44-46(43,45-5-2)17-16-20-10-12-22(13-11-20)33(3)27-29(36)37-31(38-30(27)39-32(33)42)28-24-15-14-23(34)18-26(24)41(40-28)19-21-8-6-7-9-25(21)35/h6-18H,4-5,19H2,1-3H3,(H3,36,37,38,39,42)/b17-16+. The van der Waals surface area contributed by atoms with Crippen LogP contribution < -0.4 is 11.1 Å². The zero-order valence-electron chi connectivity index (χ0n) is 25.3. The van der Waals surface area contributed by atoms with E-state index in [0.29, 0.717) is 38.3 Å². The van der Waals surface area contributed by atoms with Crippen molar-refractivity contribution in [1.82, 2.24) is 19.7 Å². The lowest BCUT2D eigenvalue weighted by Gasteiger charge is -2.23. The molecule has 0 saturated heterocycles. The van der Waals surface area contributed by atoms with Crippen molar-refractivity contribution in [2.24, 2.45) is 0 Å². The van der Waals surface area contributed by atoms with Gasteiger partial charge in [-0.3, -0.25) is 14.0 Å². The molecule has 0 fully saturated rings. The number of halogens is 2. The van der Waals surface area contributed by atoms with Crippen LogP contribution in [0.5, 0.6) is 0 Å². The van der Waals surface area contributed by atoms with Gasteiger partial charge in [0.05, 0.1) is 30.8 Å². The van der Waals surface area contributed by atoms with Crippen molar-refractivity contribution in [3.05, 3.63) is 106 Å². The molecule has 1 unspecified atom stereocenters. The van der Waals surface area contributed by atoms with Gasteiger partial charge in [0, 0.05) is 21.8 Å². The minimum atomic E-state index is -3.37. The Labute approximate surface area is 269 Å². The fourth-order valence-corrected chi connectivity index (χ4v) is 7.09. The Morgan fingerprint density at radius 3 is 2.48 bits per heavy atom. The summed E-state index contributed by atoms with van der Waals surface area (Å²) in [6.45, 7) is 5.90. The van der Waals surface area contributed by atoms with Gasteiger partial charge in [0.25, 0.3) is 0 Å². The molecule has 13 heteroatoms. The molecule has 0 saturated carbocycles. The van der Waals surface area contributed by atoms with E-state index in [-0.39, 0.29) is 48.9 Å². The Hall–Kier alpha value is -4.41. The molecular formula is C33H31ClFN6O4P. The van der Waals surface area contributed by atoms with Gasteiger partial charge in [-0.25, -0.2) is 14.4 Å². The van der Waals surface area contributed by atoms with Crippen molar-refractivity contribution in [3.63, 3.8) is 0 Å². The number of carbonyl (C=O) groups excluding carboxylic acids is 1. The van der Waals surface area contributed by atoms with E-state index in [4.69, 9.17) is 36.5 Å². The Bertz CT molecular complexity index is 2040. The SMILES string of the molecule is CCOP(=O)(/C=C/c1ccc(C2(C)C(=O)Nc3nc(-c4nn(Cc5ccccc5F)c5cc(Cl)ccc45)nc(N)c32)cc1)OCC. The molecule has 3 N–H and O–H groups in total. The van der Waals surface area contributed by atoms with E-state index < -0.39 is 13.0 Å². The molecule has 46 heavy (non-hydrogen) atoms. The number of rotatable bonds is 10. The molecule has 5 aromatic rings. The molecule has 1 atom stereocenters. The fourth-order valence-electron chi connectivity index (χ4n) is 5.60. The molecule has 0 radical (unpaired) electrons. The van der Waals surface area contributed by atoms with Crippen molar-refractivity contribution >= 4 is 53.7 Å². The van der Waals surface area contributed by atoms with Crippen LogP contribution in [-0.2, 0) is 30.4 Å². The number of nitrogen functional groups attached to an aromatic ring is 1. The normalized spacial score (nSPS) is 16.3. The lowest BCUT2D eigenvalue weighted by molar-refractivity contribution is -0.119. The summed E-state index contributed by atoms with van der Waals surface area (Å²) < 4.78 is 39.6. The summed E-state index contributed by atoms with van der Waals surface area (Å²) >= 11 is 6.32. The van der Waals surface area contributed by atoms with Gasteiger partial charge in [-0.2, -0.15) is 5.10 Å². The number of nitrogens with zero attached hydrogens (tertiary/aromatic N) is 4. The summed E-state index contributed by atoms with van der Waals surface area (Å²) in [6, 6.07) is 18.9. The predicted octanol–water partition coefficient (Wildman–Crippen LogP) is 7.41. The van der Waals surface area contributed by atoms with Gasteiger partial charge in [0.15, 0.2) is 5.82 Å². The second-order valence-corrected chi connectivity index (χ2v) is 13.1. The van der Waals surface area contributed by atoms with Crippen LogP contribution in [0.1, 0.15) is 43.0 Å². The van der Waals surface area contributed by atoms with E-state index in [1.54, 1.807) is 92.2 Å². The Kier molecular flexibility index (Phi) is 8.52. The van der Waals surface area contributed by atoms with Crippen molar-refractivity contribution in [1.29, 1.82) is 0 Å². The molecule has 0 aliphatic carbocycles. The monoisotopic (exact) mass is 660 g/mol. The van der Waals surface area contributed by atoms with Crippen molar-refractivity contribution in [2.45, 2.75) is 32.7 Å². The molecule has 1 aliphatic heterocycles. The van der Waals surface area contributed by atoms with Crippen LogP contribution in [0.4, 0.5) is 16.0 Å². The van der Waals surface area contributed by atoms with E-state index >= 15 is 0 Å². The first-order valence-corrected chi connectivity index (χ1v) is 16.6. The maximum atomic E-state index is 14.5. The summed E-state index contributed by atoms with van der Waals surface area (Å²) in [4.78, 5) is 22.9. The number of hydrogen-bond donors (Lipinski definition) is 2. The average molecular weight is 661 g/mol. The van der Waals surface area contributed by atoms with Crippen molar-refractivity contribution < 1.29 is 22.8 Å². The number of carbonyl (C=O) groups is 1. The number of benzene rings is 3. The van der Waals surface area contributed by atoms with Gasteiger partial charge in [-0.1, -0.05) is 54.1 Å². The topological polar surface area (TPSA) is 134 Å². The molecule has 0 bridgehead atoms. The second-order valence-electron chi connectivity index (χ2n) is 10.8. The summed E-state index contributed by atoms with van der Waals surface area (Å²) in [5.74, 6) is 1.35. The number of nitrogens with one attached hydrogen (secondary N) is 1. The molecule has 3 aromatic carbocycles. The van der Waals surface area contributed by atoms with Crippen LogP contribution in [0.2, 0.25) is 5.02 Å². The van der Waals surface area contributed by atoms with Gasteiger partial charge < -0.3 is 20.1 Å². The maximum Gasteiger partial charge on any atom is 0.354 e. The number of hydrogen-bond acceptors (Lipinski definition) is 8. The summed E-state index contributed by atoms with van der Waals surface area (Å²) in [5, 5.41) is 8.80. The molecular weight excluding hydrogens is 630 g/mol. The maximum absolute atomic E-state index is 14.5. The van der Waals surface area contributed by atoms with E-state index in [2.05, 4.69) is 10.3 Å². The third kappa shape index (κ3) is 5.71. The first kappa shape index (κ1) is 31.6. The van der Waals surface area contributed by atoms with Crippen LogP contribution in [0, 0.1) is 5.82 Å². The van der Waals surface area contributed by atoms with E-state index in [1.807, 2.05) is 0 Å². The highest BCUT2D eigenvalue weighted by Gasteiger charge is 2.47. The van der Waals surface area contributed by atoms with Gasteiger partial charge >= 0.3 is 7.60 Å². The number of aromatic nitrogens is 4. The van der Waals surface area contributed by atoms with Gasteiger partial charge in [0.2, 0.25) is 5.91 Å². The fraction of sp³-hybridized carbons (Fsp3) is 0.212. The number of nitrogens with two attached hydrogens (primary N) is 1. The van der Waals surface area contributed by atoms with Crippen LogP contribution in [-0.4, -0.2) is 38.9 Å². The first-order chi connectivity index (χ1) is 22.1. The van der Waals surface area contributed by atoms with E-state index in [1.165, 1.54) is 11.9 Å². The zero-order chi connectivity index (χ0) is 32.6. The smallest absolute Gasteiger partial charge is 0.354 e. The third-order valence-corrected chi connectivity index (χ3v) is 9.87. The van der Waals surface area contributed by atoms with Crippen LogP contribution >= 0.6 is 19.2 Å². The third-order valence-electron chi connectivity index (χ3n) is 7.88. The molecule has 1 amide bonds. The zero-order valence-corrected chi connectivity index (χ0v) is 27.0. The minimum absolute atomic E-state index is 0.116. The summed E-state index contributed by atoms with van der Waals surface area (Å²) in [6.07, 6.45) is 1.66. The van der Waals surface area contributed by atoms with Gasteiger partial charge in [-0.05, 0) is 62.2 Å². The Morgan fingerprint density at radius 1 is 1.07 bits per heavy atom. The molecule has 1 aliphatic rings. The molecule has 0 spiro atoms. The van der Waals surface area contributed by atoms with Crippen LogP contribution in [0.3, 0.4) is 0 Å². The molecule has 3 heterocycles. The van der Waals surface area contributed by atoms with Crippen LogP contribution in [0.25, 0.3) is 28.5 Å². The Morgan fingerprint density at radius 2 is 1.78 bits per heavy atom. The summed E-state index contributed by atoms with van der Waals surface area (Å²) in [7, 11) is -3.37. The van der Waals surface area contributed by atoms with Crippen molar-refractivity contribution in [3.8, 4) is 11.5 Å². The average Bonchev–Trinajstić information content (AvgIpc) is 3.51. The lowest BCUT2D eigenvalue weighted by atomic mass is 9.77. The number of anilines is 2. The van der Waals surface area contributed by atoms with Gasteiger partial charge in [0.1, 0.15) is 28.6 Å². The van der Waals surface area contributed by atoms with Crippen molar-refractivity contribution in [2.75, 3.05) is 24.3 Å². The van der Waals surface area contributed by atoms with Gasteiger partial charge in [-0.15, -0.1) is 0 Å². The van der Waals surface area contributed by atoms with E-state index in [9.17, 15) is 13.8 Å². The first-order valence-electron chi connectivity index (χ1n) is 14.6. The highest BCUT2D eigenvalue weighted by Crippen LogP contribution is 2.50. The lowest BCUT2D eigenvalue weighted by Crippen LogP contribution is -2.32. The second kappa shape index (κ2) is 12.4. The number of fused-ring (bicyclic) bond motifs is 2. The largest absolute Gasteiger partial charge is 0.383 e. The van der Waals surface area contributed by atoms with Crippen LogP contribution in [0.15, 0.2) is 72.5 Å². The predicted molar refractivity (Wildman–Crippen MR) is 177 cm³/mol. The number of amides is 1. The van der Waals surface area contributed by atoms with E-state index in [0.717, 1.165) is 5.56 Å².